The Morgan fingerprint density at radius 3 is 0.0132 bits per heavy atom. The Hall–Kier alpha value is 83.9. The quantitative estimate of drug-likeness (QED) is 0.316. The number of hydrogen-bond acceptors (Lipinski definition) is 0. The largest absolute Gasteiger partial charge is 0 e. The predicted molar refractivity (Wildman–Crippen MR) is 0 cm³/mol. The molecule has 0 fully saturated rings. The zero-order valence-corrected chi connectivity index (χ0v) is 260. The molecule has 0 N–H and O–H groups in total. The Kier molecular flexibility index (Phi) is 4250. The molecule has 0 heterocycles. The second-order valence-electron chi connectivity index (χ2n) is 0. The molecule has 0 saturated heterocycles. The molecule has 0 aliphatic rings. The van der Waals surface area contributed by atoms with Gasteiger partial charge in [0.2, 0.25) is 0 Å². The fraction of sp³-hybridized carbons (Fsp3) is 0. The minimum absolute atomic E-state index is 0. The summed E-state index contributed by atoms with van der Waals surface area (Å²) in [5.41, 5.74) is 0. The van der Waals surface area contributed by atoms with E-state index in [9.17, 15) is 0 Å². The van der Waals surface area contributed by atoms with Gasteiger partial charge in [-0.2, -0.15) is 0 Å². The van der Waals surface area contributed by atoms with Gasteiger partial charge in [-0.25, -0.2) is 0 Å². The Balaban J connectivity index is 0. The molecule has 0 aromatic carbocycles. The zero-order chi connectivity index (χ0) is 0. The SMILES string of the molecule is [Y].[Y].[Y].[Y].[Y].[Y].[Y].[Y].[Y].[Y].[Y].[Y].[Y].[Y].[Y].[Y].[Y].[Y].[Y].[Y].[Y].[Y].[Y].[Y].[Y].[Y].[Y].[Y].[Y].[Y].[Y].[Y].[Y].[Y].[Y].[Y].[Y].[Y].[Y].[Y].[Y].[Y].[Y].[Y].[Y].[Y].[Y].[Y].[Y].[Y].[Y].[Y].[Y].[Y].[Y].[Y].[Y].[Y].[Y].[Y].[Y].[Y].[Y].[Y].[Y].[Y].[Y].[Y].[Y].[Y].[Y].[Y].[Y].[Y].[Y].[Y]. The van der Waals surface area contributed by atoms with Crippen LogP contribution < -0.4 is 0 Å². The molecule has 76 radical (unpaired) electrons. The summed E-state index contributed by atoms with van der Waals surface area (Å²) in [7, 11) is 0. The van der Waals surface area contributed by atoms with Crippen LogP contribution in [0.2, 0.25) is 0 Å². The molecule has 0 nitrogen and oxygen atoms in total. The van der Waals surface area contributed by atoms with Gasteiger partial charge in [0.15, 0.2) is 0 Å². The Labute approximate surface area is 2390 Å². The number of hydrogen-bond donors (Lipinski definition) is 0. The van der Waals surface area contributed by atoms with E-state index in [1.54, 1.807) is 0 Å². The van der Waals surface area contributed by atoms with Crippen molar-refractivity contribution in [1.29, 1.82) is 0 Å². The van der Waals surface area contributed by atoms with E-state index in [0.717, 1.165) is 0 Å². The number of rotatable bonds is 0. The third kappa shape index (κ3) is 552. The van der Waals surface area contributed by atoms with Gasteiger partial charge >= 0.3 is 0 Å². The molecule has 0 spiro atoms. The summed E-state index contributed by atoms with van der Waals surface area (Å²) in [6.07, 6.45) is 0. The predicted octanol–water partition coefficient (Wildman–Crippen LogP) is -0.190. The van der Waals surface area contributed by atoms with Crippen molar-refractivity contribution in [3.63, 3.8) is 0 Å². The summed E-state index contributed by atoms with van der Waals surface area (Å²) in [5.74, 6) is 0. The fourth-order valence-electron chi connectivity index (χ4n) is 0. The Bertz CT molecular complexity index is 0. The van der Waals surface area contributed by atoms with Gasteiger partial charge in [-0.1, -0.05) is 0 Å². The molecule has 0 aliphatic carbocycles. The van der Waals surface area contributed by atoms with Gasteiger partial charge in [0.25, 0.3) is 0 Å². The minimum Gasteiger partial charge on any atom is 0 e. The smallest absolute Gasteiger partial charge is 0 e. The van der Waals surface area contributed by atoms with Crippen molar-refractivity contribution in [2.24, 2.45) is 0 Å². The first-order chi connectivity index (χ1) is 0. The monoisotopic (exact) mass is 6760 g/mol. The molecule has 0 aromatic rings. The van der Waals surface area contributed by atoms with Crippen LogP contribution in [0.15, 0.2) is 0 Å². The van der Waals surface area contributed by atoms with Crippen molar-refractivity contribution in [3.05, 3.63) is 0 Å². The van der Waals surface area contributed by atoms with Crippen molar-refractivity contribution in [3.8, 4) is 0 Å². The van der Waals surface area contributed by atoms with Crippen LogP contribution in [0.1, 0.15) is 0 Å². The first-order valence-electron chi connectivity index (χ1n) is 0. The summed E-state index contributed by atoms with van der Waals surface area (Å²) < 4.78 is 0. The van der Waals surface area contributed by atoms with Gasteiger partial charge < -0.3 is 0 Å². The van der Waals surface area contributed by atoms with E-state index in [2.05, 4.69) is 0 Å². The van der Waals surface area contributed by atoms with Gasteiger partial charge in [-0.3, -0.25) is 0 Å². The Morgan fingerprint density at radius 1 is 0.0132 bits per heavy atom. The van der Waals surface area contributed by atoms with Crippen LogP contribution in [-0.4, -0.2) is 0 Å². The van der Waals surface area contributed by atoms with Gasteiger partial charge in [0.05, 0.1) is 0 Å². The van der Waals surface area contributed by atoms with Crippen LogP contribution in [0.5, 0.6) is 0 Å². The average Bonchev–Trinajstić information content (AvgIpc) is 0. The minimum atomic E-state index is 0. The van der Waals surface area contributed by atoms with Crippen molar-refractivity contribution in [2.75, 3.05) is 0 Å². The van der Waals surface area contributed by atoms with Crippen LogP contribution in [0.25, 0.3) is 0 Å². The zero-order valence-electron chi connectivity index (χ0n) is 43.9. The van der Waals surface area contributed by atoms with E-state index in [1.165, 1.54) is 0 Å². The van der Waals surface area contributed by atoms with Crippen LogP contribution in [0.4, 0.5) is 0 Å². The molecular formula is Y76. The van der Waals surface area contributed by atoms with Crippen LogP contribution in [-0.2, 0) is 2490 Å². The van der Waals surface area contributed by atoms with Crippen molar-refractivity contribution in [1.82, 2.24) is 0 Å². The van der Waals surface area contributed by atoms with Gasteiger partial charge in [0, 0.05) is 2490 Å². The summed E-state index contributed by atoms with van der Waals surface area (Å²) in [5, 5.41) is 0. The maximum atomic E-state index is 0. The molecule has 76 heavy (non-hydrogen) atoms. The van der Waals surface area contributed by atoms with Crippen LogP contribution in [0.3, 0.4) is 0 Å². The third-order valence-electron chi connectivity index (χ3n) is 0. The normalized spacial score (nSPS) is 0. The van der Waals surface area contributed by atoms with E-state index >= 15 is 0 Å². The molecule has 0 rings (SSSR count). The second kappa shape index (κ2) is 563. The molecule has 0 saturated carbocycles. The molecule has 0 aliphatic heterocycles. The van der Waals surface area contributed by atoms with E-state index in [1.807, 2.05) is 0 Å². The molecule has 0 atom stereocenters. The first kappa shape index (κ1) is 574. The van der Waals surface area contributed by atoms with E-state index in [-0.39, 0.29) is 2490 Å². The Morgan fingerprint density at radius 2 is 0.0132 bits per heavy atom. The van der Waals surface area contributed by atoms with Crippen molar-refractivity contribution in [2.45, 2.75) is 0 Å². The maximum Gasteiger partial charge on any atom is 0 e. The van der Waals surface area contributed by atoms with Crippen LogP contribution >= 0.6 is 0 Å². The topological polar surface area (TPSA) is 0 Å². The molecule has 76 heteroatoms. The summed E-state index contributed by atoms with van der Waals surface area (Å²) in [4.78, 5) is 0. The second-order valence-corrected chi connectivity index (χ2v) is 0. The summed E-state index contributed by atoms with van der Waals surface area (Å²) >= 11 is 0. The van der Waals surface area contributed by atoms with E-state index in [4.69, 9.17) is 0 Å². The van der Waals surface area contributed by atoms with Gasteiger partial charge in [-0.15, -0.1) is 0 Å². The summed E-state index contributed by atoms with van der Waals surface area (Å²) in [6.45, 7) is 0. The molecule has 0 aromatic heterocycles. The molecule has 0 bridgehead atoms. The first-order valence-corrected chi connectivity index (χ1v) is 0. The van der Waals surface area contributed by atoms with Gasteiger partial charge in [0.1, 0.15) is 0 Å². The van der Waals surface area contributed by atoms with Crippen LogP contribution in [0, 0.1) is 0 Å². The average molecular weight is 6760 g/mol. The standard InChI is InChI=1S/76Y. The third-order valence-corrected chi connectivity index (χ3v) is 0. The van der Waals surface area contributed by atoms with E-state index in [0.29, 0.717) is 0 Å². The van der Waals surface area contributed by atoms with Crippen molar-refractivity contribution >= 4 is 0 Å². The molecule has 0 amide bonds. The molecule has 0 unspecified atom stereocenters. The molecular weight excluding hydrogens is 6760 g/mol. The van der Waals surface area contributed by atoms with Gasteiger partial charge in [-0.05, 0) is 0 Å². The van der Waals surface area contributed by atoms with Crippen molar-refractivity contribution < 1.29 is 2490 Å². The summed E-state index contributed by atoms with van der Waals surface area (Å²) in [6, 6.07) is 0. The fourth-order valence-corrected chi connectivity index (χ4v) is 0. The molecule has 228 valence electrons. The van der Waals surface area contributed by atoms with E-state index < -0.39 is 0 Å². The maximum absolute atomic E-state index is 0.